The molecule has 2 aliphatic rings. The Morgan fingerprint density at radius 3 is 2.43 bits per heavy atom. The van der Waals surface area contributed by atoms with Crippen LogP contribution < -0.4 is 10.2 Å². The number of nitrogens with one attached hydrogen (secondary N) is 1. The van der Waals surface area contributed by atoms with Gasteiger partial charge in [-0.15, -0.1) is 0 Å². The van der Waals surface area contributed by atoms with Crippen LogP contribution in [0.3, 0.4) is 0 Å². The maximum Gasteiger partial charge on any atom is 0.337 e. The molecule has 7 rings (SSSR count). The van der Waals surface area contributed by atoms with Gasteiger partial charge in [0.25, 0.3) is 0 Å². The summed E-state index contributed by atoms with van der Waals surface area (Å²) >= 11 is 6.32. The Labute approximate surface area is 247 Å². The van der Waals surface area contributed by atoms with Gasteiger partial charge in [0.2, 0.25) is 0 Å². The average molecular weight is 573 g/mol. The van der Waals surface area contributed by atoms with Gasteiger partial charge in [-0.25, -0.2) is 19.5 Å². The summed E-state index contributed by atoms with van der Waals surface area (Å²) in [7, 11) is 1.38. The Bertz CT molecular complexity index is 1900. The van der Waals surface area contributed by atoms with Crippen molar-refractivity contribution >= 4 is 52.1 Å². The number of anilines is 2. The number of carbonyl (C=O) groups excluding carboxylic acids is 1. The van der Waals surface area contributed by atoms with E-state index in [9.17, 15) is 4.79 Å². The molecular weight excluding hydrogens is 548 g/mol. The zero-order valence-electron chi connectivity index (χ0n) is 22.8. The van der Waals surface area contributed by atoms with E-state index in [1.807, 2.05) is 103 Å². The van der Waals surface area contributed by atoms with Gasteiger partial charge in [0.05, 0.1) is 41.5 Å². The van der Waals surface area contributed by atoms with Crippen LogP contribution in [0.1, 0.15) is 33.2 Å². The summed E-state index contributed by atoms with van der Waals surface area (Å²) in [4.78, 5) is 24.7. The highest BCUT2D eigenvalue weighted by Crippen LogP contribution is 2.48. The summed E-state index contributed by atoms with van der Waals surface area (Å²) in [6, 6.07) is 32.6. The molecule has 42 heavy (non-hydrogen) atoms. The third-order valence-corrected chi connectivity index (χ3v) is 7.61. The first-order chi connectivity index (χ1) is 20.5. The number of para-hydroxylation sites is 3. The number of aryl methyl sites for hydroxylation is 1. The van der Waals surface area contributed by atoms with Crippen molar-refractivity contribution in [2.24, 2.45) is 9.98 Å². The van der Waals surface area contributed by atoms with E-state index in [-0.39, 0.29) is 12.0 Å². The molecule has 5 aromatic rings. The van der Waals surface area contributed by atoms with Crippen LogP contribution in [0, 0.1) is 6.92 Å². The molecular formula is C33H25ClN6O2. The number of hydrogen-bond donors (Lipinski definition) is 1. The molecule has 4 aromatic carbocycles. The molecule has 0 spiro atoms. The first kappa shape index (κ1) is 25.7. The molecule has 0 saturated heterocycles. The number of halogens is 1. The minimum atomic E-state index is -0.385. The van der Waals surface area contributed by atoms with E-state index in [2.05, 4.69) is 10.2 Å². The molecule has 1 N–H and O–H groups in total. The van der Waals surface area contributed by atoms with Crippen LogP contribution in [0.4, 0.5) is 22.9 Å². The molecule has 0 aliphatic carbocycles. The van der Waals surface area contributed by atoms with Crippen molar-refractivity contribution in [3.05, 3.63) is 131 Å². The standard InChI is InChI=1S/C33H25ClN6O2/c1-20-28-29(21-15-17-22(18-16-21)33(41)42-2)39-27-14-7-6-13-26(27)36-30(35-24-10-8-9-23(34)19-24)32(39)37-31(28)40(38-20)25-11-4-3-5-12-25/h3-19,29H,1-2H3,(H,35,36). The minimum absolute atomic E-state index is 0.315. The highest BCUT2D eigenvalue weighted by atomic mass is 35.5. The monoisotopic (exact) mass is 572 g/mol. The fraction of sp³-hybridized carbons (Fsp3) is 0.0909. The van der Waals surface area contributed by atoms with Crippen LogP contribution in [0.25, 0.3) is 5.69 Å². The Morgan fingerprint density at radius 2 is 1.67 bits per heavy atom. The molecule has 1 aromatic heterocycles. The SMILES string of the molecule is COC(=O)c1ccc(C2c3c(C)nn(-c4ccccc4)c3N=C3C(Nc4cccc(Cl)c4)=Nc4ccccc4N32)cc1. The summed E-state index contributed by atoms with van der Waals surface area (Å²) in [5.74, 6) is 1.55. The Kier molecular flexibility index (Phi) is 6.32. The van der Waals surface area contributed by atoms with Gasteiger partial charge < -0.3 is 15.0 Å². The van der Waals surface area contributed by atoms with E-state index >= 15 is 0 Å². The second-order valence-electron chi connectivity index (χ2n) is 9.98. The van der Waals surface area contributed by atoms with E-state index in [1.54, 1.807) is 12.1 Å². The molecule has 0 amide bonds. The quantitative estimate of drug-likeness (QED) is 0.227. The van der Waals surface area contributed by atoms with E-state index in [0.29, 0.717) is 28.1 Å². The number of esters is 1. The van der Waals surface area contributed by atoms with Crippen LogP contribution in [0.2, 0.25) is 5.02 Å². The number of rotatable bonds is 4. The van der Waals surface area contributed by atoms with Crippen molar-refractivity contribution in [3.8, 4) is 5.69 Å². The predicted molar refractivity (Wildman–Crippen MR) is 166 cm³/mol. The van der Waals surface area contributed by atoms with Gasteiger partial charge in [0, 0.05) is 16.3 Å². The molecule has 9 heteroatoms. The van der Waals surface area contributed by atoms with Crippen LogP contribution >= 0.6 is 11.6 Å². The van der Waals surface area contributed by atoms with Crippen molar-refractivity contribution in [2.75, 3.05) is 17.3 Å². The zero-order chi connectivity index (χ0) is 28.8. The number of aromatic nitrogens is 2. The lowest BCUT2D eigenvalue weighted by molar-refractivity contribution is 0.0600. The lowest BCUT2D eigenvalue weighted by atomic mass is 9.92. The van der Waals surface area contributed by atoms with Gasteiger partial charge >= 0.3 is 5.97 Å². The topological polar surface area (TPSA) is 84.1 Å². The summed E-state index contributed by atoms with van der Waals surface area (Å²) in [5, 5.41) is 9.04. The van der Waals surface area contributed by atoms with E-state index in [1.165, 1.54) is 7.11 Å². The maximum atomic E-state index is 12.2. The summed E-state index contributed by atoms with van der Waals surface area (Å²) in [5.41, 5.74) is 6.66. The second kappa shape index (κ2) is 10.3. The molecule has 206 valence electrons. The highest BCUT2D eigenvalue weighted by Gasteiger charge is 2.41. The summed E-state index contributed by atoms with van der Waals surface area (Å²) < 4.78 is 6.82. The number of benzene rings is 4. The maximum absolute atomic E-state index is 12.2. The van der Waals surface area contributed by atoms with Crippen LogP contribution in [-0.4, -0.2) is 34.5 Å². The number of hydrogen-bond acceptors (Lipinski definition) is 7. The first-order valence-electron chi connectivity index (χ1n) is 13.4. The second-order valence-corrected chi connectivity index (χ2v) is 10.4. The van der Waals surface area contributed by atoms with Gasteiger partial charge in [0.1, 0.15) is 0 Å². The van der Waals surface area contributed by atoms with Gasteiger partial charge in [-0.2, -0.15) is 5.10 Å². The van der Waals surface area contributed by atoms with E-state index in [4.69, 9.17) is 31.4 Å². The normalized spacial score (nSPS) is 15.1. The third-order valence-electron chi connectivity index (χ3n) is 7.37. The Balaban J connectivity index is 1.47. The number of amidine groups is 2. The molecule has 2 aliphatic heterocycles. The lowest BCUT2D eigenvalue weighted by Crippen LogP contribution is -2.46. The molecule has 1 unspecified atom stereocenters. The van der Waals surface area contributed by atoms with Gasteiger partial charge in [-0.1, -0.05) is 60.1 Å². The van der Waals surface area contributed by atoms with Crippen molar-refractivity contribution in [3.63, 3.8) is 0 Å². The van der Waals surface area contributed by atoms with Crippen molar-refractivity contribution < 1.29 is 9.53 Å². The fourth-order valence-corrected chi connectivity index (χ4v) is 5.67. The van der Waals surface area contributed by atoms with Gasteiger partial charge in [0.15, 0.2) is 17.5 Å². The fourth-order valence-electron chi connectivity index (χ4n) is 5.48. The highest BCUT2D eigenvalue weighted by molar-refractivity contribution is 6.51. The van der Waals surface area contributed by atoms with Crippen LogP contribution in [0.5, 0.6) is 0 Å². The smallest absolute Gasteiger partial charge is 0.337 e. The zero-order valence-corrected chi connectivity index (χ0v) is 23.6. The molecule has 3 heterocycles. The molecule has 0 bridgehead atoms. The van der Waals surface area contributed by atoms with Crippen LogP contribution in [-0.2, 0) is 4.74 Å². The Morgan fingerprint density at radius 1 is 0.905 bits per heavy atom. The molecule has 0 saturated carbocycles. The number of nitrogens with zero attached hydrogens (tertiary/aromatic N) is 5. The van der Waals surface area contributed by atoms with Gasteiger partial charge in [-0.05, 0) is 67.1 Å². The first-order valence-corrected chi connectivity index (χ1v) is 13.8. The molecule has 0 radical (unpaired) electrons. The van der Waals surface area contributed by atoms with E-state index in [0.717, 1.165) is 39.6 Å². The summed E-state index contributed by atoms with van der Waals surface area (Å²) in [6.45, 7) is 2.00. The predicted octanol–water partition coefficient (Wildman–Crippen LogP) is 7.42. The van der Waals surface area contributed by atoms with Crippen molar-refractivity contribution in [1.82, 2.24) is 9.78 Å². The molecule has 1 atom stereocenters. The Hall–Kier alpha value is -5.21. The number of methoxy groups -OCH3 is 1. The summed E-state index contributed by atoms with van der Waals surface area (Å²) in [6.07, 6.45) is 0. The minimum Gasteiger partial charge on any atom is -0.465 e. The number of carbonyl (C=O) groups is 1. The van der Waals surface area contributed by atoms with Gasteiger partial charge in [-0.3, -0.25) is 0 Å². The van der Waals surface area contributed by atoms with Crippen molar-refractivity contribution in [1.29, 1.82) is 0 Å². The average Bonchev–Trinajstić information content (AvgIpc) is 3.36. The molecule has 0 fully saturated rings. The number of fused-ring (bicyclic) bond motifs is 4. The lowest BCUT2D eigenvalue weighted by Gasteiger charge is -2.40. The van der Waals surface area contributed by atoms with E-state index < -0.39 is 0 Å². The number of aliphatic imine (C=N–C) groups is 2. The molecule has 8 nitrogen and oxygen atoms in total. The number of ether oxygens (including phenoxy) is 1. The third kappa shape index (κ3) is 4.33. The largest absolute Gasteiger partial charge is 0.465 e. The van der Waals surface area contributed by atoms with Crippen molar-refractivity contribution in [2.45, 2.75) is 13.0 Å². The van der Waals surface area contributed by atoms with Crippen LogP contribution in [0.15, 0.2) is 113 Å².